The number of pyridine rings is 1. The summed E-state index contributed by atoms with van der Waals surface area (Å²) >= 11 is 0. The highest BCUT2D eigenvalue weighted by molar-refractivity contribution is 5.81. The number of alkyl halides is 3. The number of ether oxygens (including phenoxy) is 2. The number of aryl methyl sites for hydroxylation is 1. The highest BCUT2D eigenvalue weighted by Gasteiger charge is 2.50. The number of nitrogens with two attached hydrogens (primary N) is 1. The van der Waals surface area contributed by atoms with Crippen LogP contribution in [-0.2, 0) is 15.9 Å². The lowest BCUT2D eigenvalue weighted by atomic mass is 9.99. The molecule has 1 aliphatic heterocycles. The first-order valence-electron chi connectivity index (χ1n) is 9.32. The number of aliphatic hydroxyl groups is 2. The predicted molar refractivity (Wildman–Crippen MR) is 99.1 cm³/mol. The van der Waals surface area contributed by atoms with Crippen molar-refractivity contribution in [1.29, 1.82) is 0 Å². The van der Waals surface area contributed by atoms with Gasteiger partial charge in [0, 0.05) is 12.4 Å². The third-order valence-corrected chi connectivity index (χ3v) is 5.05. The Kier molecular flexibility index (Phi) is 5.75. The van der Waals surface area contributed by atoms with E-state index in [1.165, 1.54) is 29.6 Å². The Morgan fingerprint density at radius 2 is 1.90 bits per heavy atom. The Labute approximate surface area is 173 Å². The summed E-state index contributed by atoms with van der Waals surface area (Å²) in [6.45, 7) is 0. The molecule has 4 rings (SSSR count). The molecule has 166 valence electrons. The number of imidazole rings is 1. The van der Waals surface area contributed by atoms with Crippen LogP contribution in [0.1, 0.15) is 18.2 Å². The molecule has 3 aromatic rings. The van der Waals surface area contributed by atoms with Crippen LogP contribution in [0.5, 0.6) is 0 Å². The van der Waals surface area contributed by atoms with E-state index >= 15 is 0 Å². The number of aliphatic hydroxyl groups excluding tert-OH is 2. The quantitative estimate of drug-likeness (QED) is 0.511. The molecule has 4 N–H and O–H groups in total. The number of rotatable bonds is 6. The normalized spacial score (nSPS) is 25.2. The van der Waals surface area contributed by atoms with Crippen molar-refractivity contribution < 1.29 is 32.9 Å². The molecular formula is C18H19F3N6O4. The minimum Gasteiger partial charge on any atom is -0.387 e. The molecule has 0 radical (unpaired) electrons. The number of hydrogen-bond acceptors (Lipinski definition) is 9. The van der Waals surface area contributed by atoms with Crippen LogP contribution in [0.3, 0.4) is 0 Å². The summed E-state index contributed by atoms with van der Waals surface area (Å²) in [6, 6.07) is 3.33. The Balaban J connectivity index is 1.58. The summed E-state index contributed by atoms with van der Waals surface area (Å²) in [4.78, 5) is 15.8. The molecule has 0 saturated carbocycles. The van der Waals surface area contributed by atoms with Crippen molar-refractivity contribution in [3.63, 3.8) is 0 Å². The van der Waals surface area contributed by atoms with Gasteiger partial charge in [-0.1, -0.05) is 0 Å². The lowest BCUT2D eigenvalue weighted by molar-refractivity contribution is -0.355. The molecule has 10 nitrogen and oxygen atoms in total. The van der Waals surface area contributed by atoms with Gasteiger partial charge in [-0.15, -0.1) is 13.2 Å². The van der Waals surface area contributed by atoms with E-state index in [4.69, 9.17) is 10.5 Å². The summed E-state index contributed by atoms with van der Waals surface area (Å²) in [7, 11) is 0. The zero-order valence-electron chi connectivity index (χ0n) is 15.9. The fraction of sp³-hybridized carbons (Fsp3) is 0.444. The fourth-order valence-electron chi connectivity index (χ4n) is 3.60. The molecule has 1 fully saturated rings. The van der Waals surface area contributed by atoms with Crippen molar-refractivity contribution >= 4 is 17.0 Å². The Hall–Kier alpha value is -2.87. The van der Waals surface area contributed by atoms with Crippen molar-refractivity contribution in [2.75, 3.05) is 5.73 Å². The maximum Gasteiger partial charge on any atom is 0.522 e. The van der Waals surface area contributed by atoms with E-state index in [2.05, 4.69) is 24.7 Å². The Bertz CT molecular complexity index is 1030. The fourth-order valence-corrected chi connectivity index (χ4v) is 3.60. The van der Waals surface area contributed by atoms with E-state index in [0.717, 1.165) is 5.56 Å². The minimum atomic E-state index is -4.96. The molecule has 13 heteroatoms. The van der Waals surface area contributed by atoms with Gasteiger partial charge in [0.25, 0.3) is 0 Å². The van der Waals surface area contributed by atoms with E-state index in [9.17, 15) is 23.4 Å². The SMILES string of the molecule is Nc1ncnc2c1ncn2[C@@H]1O[C@H](C(CCc2ccncc2)OC(F)(F)F)[C@@H](O)[C@H]1O. The van der Waals surface area contributed by atoms with Gasteiger partial charge in [-0.05, 0) is 30.5 Å². The summed E-state index contributed by atoms with van der Waals surface area (Å²) in [5.74, 6) is 0.0870. The zero-order valence-corrected chi connectivity index (χ0v) is 15.9. The molecule has 0 amide bonds. The summed E-state index contributed by atoms with van der Waals surface area (Å²) < 4.78 is 50.4. The van der Waals surface area contributed by atoms with E-state index in [1.807, 2.05) is 0 Å². The van der Waals surface area contributed by atoms with Gasteiger partial charge in [-0.25, -0.2) is 15.0 Å². The van der Waals surface area contributed by atoms with Gasteiger partial charge in [0.05, 0.1) is 12.4 Å². The van der Waals surface area contributed by atoms with E-state index in [0.29, 0.717) is 0 Å². The standard InChI is InChI=1S/C18H19F3N6O4/c19-18(20,21)31-10(2-1-9-3-5-23-6-4-9)14-12(28)13(29)17(30-14)27-8-26-11-15(22)24-7-25-16(11)27/h3-8,10,12-14,17,28-29H,1-2H2,(H2,22,24,25)/t10?,12-,13+,14+,17+/m0/s1. The maximum absolute atomic E-state index is 13.1. The number of anilines is 1. The average molecular weight is 440 g/mol. The maximum atomic E-state index is 13.1. The van der Waals surface area contributed by atoms with Crippen LogP contribution >= 0.6 is 0 Å². The first kappa shape index (κ1) is 21.4. The van der Waals surface area contributed by atoms with Gasteiger partial charge in [-0.2, -0.15) is 0 Å². The van der Waals surface area contributed by atoms with Gasteiger partial charge in [-0.3, -0.25) is 14.3 Å². The van der Waals surface area contributed by atoms with Crippen molar-refractivity contribution in [3.8, 4) is 0 Å². The third kappa shape index (κ3) is 4.44. The van der Waals surface area contributed by atoms with Gasteiger partial charge >= 0.3 is 6.36 Å². The second-order valence-electron chi connectivity index (χ2n) is 7.05. The summed E-state index contributed by atoms with van der Waals surface area (Å²) in [5, 5.41) is 21.0. The molecule has 1 saturated heterocycles. The van der Waals surface area contributed by atoms with E-state index in [-0.39, 0.29) is 29.8 Å². The summed E-state index contributed by atoms with van der Waals surface area (Å²) in [5.41, 5.74) is 6.92. The van der Waals surface area contributed by atoms with Crippen LogP contribution < -0.4 is 5.73 Å². The minimum absolute atomic E-state index is 0.0870. The van der Waals surface area contributed by atoms with Gasteiger partial charge < -0.3 is 20.7 Å². The number of aromatic nitrogens is 5. The predicted octanol–water partition coefficient (Wildman–Crippen LogP) is 0.960. The Morgan fingerprint density at radius 3 is 2.61 bits per heavy atom. The van der Waals surface area contributed by atoms with Gasteiger partial charge in [0.2, 0.25) is 0 Å². The van der Waals surface area contributed by atoms with Crippen LogP contribution in [0.2, 0.25) is 0 Å². The molecule has 1 aliphatic rings. The first-order chi connectivity index (χ1) is 14.7. The number of nitrogens with zero attached hydrogens (tertiary/aromatic N) is 5. The number of fused-ring (bicyclic) bond motifs is 1. The van der Waals surface area contributed by atoms with Crippen molar-refractivity contribution in [2.24, 2.45) is 0 Å². The molecule has 1 unspecified atom stereocenters. The lowest BCUT2D eigenvalue weighted by Crippen LogP contribution is -2.42. The molecule has 0 spiro atoms. The third-order valence-electron chi connectivity index (χ3n) is 5.05. The number of halogens is 3. The molecule has 0 aromatic carbocycles. The summed E-state index contributed by atoms with van der Waals surface area (Å²) in [6.07, 6.45) is -6.87. The second-order valence-corrected chi connectivity index (χ2v) is 7.05. The van der Waals surface area contributed by atoms with Crippen molar-refractivity contribution in [3.05, 3.63) is 42.7 Å². The molecule has 0 bridgehead atoms. The lowest BCUT2D eigenvalue weighted by Gasteiger charge is -2.26. The highest BCUT2D eigenvalue weighted by Crippen LogP contribution is 2.36. The molecular weight excluding hydrogens is 421 g/mol. The van der Waals surface area contributed by atoms with E-state index < -0.39 is 37.0 Å². The molecule has 3 aromatic heterocycles. The van der Waals surface area contributed by atoms with E-state index in [1.54, 1.807) is 12.1 Å². The van der Waals surface area contributed by atoms with Crippen LogP contribution in [0, 0.1) is 0 Å². The largest absolute Gasteiger partial charge is 0.522 e. The molecule has 4 heterocycles. The Morgan fingerprint density at radius 1 is 1.16 bits per heavy atom. The van der Waals surface area contributed by atoms with Crippen molar-refractivity contribution in [1.82, 2.24) is 24.5 Å². The second kappa shape index (κ2) is 8.34. The first-order valence-corrected chi connectivity index (χ1v) is 9.32. The topological polar surface area (TPSA) is 141 Å². The molecule has 0 aliphatic carbocycles. The zero-order chi connectivity index (χ0) is 22.2. The van der Waals surface area contributed by atoms with Gasteiger partial charge in [0.1, 0.15) is 30.2 Å². The van der Waals surface area contributed by atoms with Crippen LogP contribution in [0.15, 0.2) is 37.2 Å². The average Bonchev–Trinajstić information content (AvgIpc) is 3.28. The monoisotopic (exact) mass is 440 g/mol. The number of nitrogen functional groups attached to an aromatic ring is 1. The van der Waals surface area contributed by atoms with Gasteiger partial charge in [0.15, 0.2) is 17.7 Å². The molecule has 5 atom stereocenters. The van der Waals surface area contributed by atoms with Crippen molar-refractivity contribution in [2.45, 2.75) is 49.8 Å². The van der Waals surface area contributed by atoms with Crippen LogP contribution in [-0.4, -0.2) is 65.5 Å². The molecule has 31 heavy (non-hydrogen) atoms. The van der Waals surface area contributed by atoms with Crippen LogP contribution in [0.25, 0.3) is 11.2 Å². The number of hydrogen-bond donors (Lipinski definition) is 3. The smallest absolute Gasteiger partial charge is 0.387 e. The highest BCUT2D eigenvalue weighted by atomic mass is 19.4. The van der Waals surface area contributed by atoms with Crippen LogP contribution in [0.4, 0.5) is 19.0 Å².